The molecule has 3 aliphatic rings. The Morgan fingerprint density at radius 1 is 1.05 bits per heavy atom. The first-order chi connectivity index (χ1) is 18.1. The van der Waals surface area contributed by atoms with Crippen LogP contribution in [0.1, 0.15) is 58.3 Å². The summed E-state index contributed by atoms with van der Waals surface area (Å²) in [6, 6.07) is 9.81. The number of fused-ring (bicyclic) bond motifs is 2. The smallest absolute Gasteiger partial charge is 0.369 e. The molecule has 2 saturated heterocycles. The highest BCUT2D eigenvalue weighted by Crippen LogP contribution is 2.35. The number of piperazine rings is 1. The van der Waals surface area contributed by atoms with E-state index >= 15 is 0 Å². The molecule has 0 aliphatic carbocycles. The van der Waals surface area contributed by atoms with Gasteiger partial charge in [0.25, 0.3) is 5.91 Å². The van der Waals surface area contributed by atoms with Crippen LogP contribution in [-0.2, 0) is 24.1 Å². The number of primary amides is 1. The van der Waals surface area contributed by atoms with Crippen molar-refractivity contribution in [3.63, 3.8) is 0 Å². The van der Waals surface area contributed by atoms with Crippen LogP contribution in [0.4, 0.5) is 18.9 Å². The molecule has 7 nitrogen and oxygen atoms in total. The summed E-state index contributed by atoms with van der Waals surface area (Å²) in [4.78, 5) is 30.8. The second kappa shape index (κ2) is 10.7. The lowest BCUT2D eigenvalue weighted by Gasteiger charge is -2.37. The molecule has 3 heterocycles. The standard InChI is InChI=1S/C28H34F3N5O2/c1-18-13-35(17-26(32)37)15-21-11-19(5-7-24(18)21)27(38)33-22-6-4-20(25(12-22)28(29,30)31)14-34-9-10-36-8-2-3-23(36)16-34/h4-7,11-12,18,23H,2-3,8-10,13-17H2,1H3,(H2,32,37)(H,33,38)/t18-,23?/m0/s1. The molecule has 2 aromatic rings. The normalized spacial score (nSPS) is 22.6. The van der Waals surface area contributed by atoms with Crippen molar-refractivity contribution in [1.82, 2.24) is 14.7 Å². The van der Waals surface area contributed by atoms with Crippen LogP contribution in [-0.4, -0.2) is 71.8 Å². The number of nitrogens with one attached hydrogen (secondary N) is 1. The van der Waals surface area contributed by atoms with Gasteiger partial charge in [-0.3, -0.25) is 24.3 Å². The Morgan fingerprint density at radius 2 is 1.87 bits per heavy atom. The lowest BCUT2D eigenvalue weighted by Crippen LogP contribution is -2.49. The lowest BCUT2D eigenvalue weighted by molar-refractivity contribution is -0.138. The number of carbonyl (C=O) groups excluding carboxylic acids is 2. The van der Waals surface area contributed by atoms with Crippen molar-refractivity contribution in [2.75, 3.05) is 44.6 Å². The van der Waals surface area contributed by atoms with Gasteiger partial charge < -0.3 is 11.1 Å². The number of nitrogens with zero attached hydrogens (tertiary/aromatic N) is 3. The van der Waals surface area contributed by atoms with Crippen LogP contribution in [0.5, 0.6) is 0 Å². The Balaban J connectivity index is 1.31. The van der Waals surface area contributed by atoms with Crippen LogP contribution in [0.3, 0.4) is 0 Å². The van der Waals surface area contributed by atoms with E-state index in [0.717, 1.165) is 56.2 Å². The number of benzene rings is 2. The number of nitrogens with two attached hydrogens (primary N) is 1. The summed E-state index contributed by atoms with van der Waals surface area (Å²) >= 11 is 0. The number of hydrogen-bond acceptors (Lipinski definition) is 5. The summed E-state index contributed by atoms with van der Waals surface area (Å²) in [5, 5.41) is 2.65. The number of alkyl halides is 3. The second-order valence-corrected chi connectivity index (χ2v) is 10.8. The van der Waals surface area contributed by atoms with Crippen LogP contribution in [0, 0.1) is 0 Å². The first kappa shape index (κ1) is 26.6. The predicted octanol–water partition coefficient (Wildman–Crippen LogP) is 3.64. The van der Waals surface area contributed by atoms with Crippen molar-refractivity contribution in [2.45, 2.75) is 51.0 Å². The van der Waals surface area contributed by atoms with Gasteiger partial charge in [0, 0.05) is 56.6 Å². The van der Waals surface area contributed by atoms with Gasteiger partial charge in [-0.05, 0) is 66.3 Å². The van der Waals surface area contributed by atoms with Gasteiger partial charge >= 0.3 is 6.18 Å². The average molecular weight is 530 g/mol. The Kier molecular flexibility index (Phi) is 7.48. The van der Waals surface area contributed by atoms with E-state index in [1.165, 1.54) is 6.07 Å². The molecule has 2 amide bonds. The van der Waals surface area contributed by atoms with E-state index in [9.17, 15) is 22.8 Å². The number of anilines is 1. The fourth-order valence-electron chi connectivity index (χ4n) is 6.20. The summed E-state index contributed by atoms with van der Waals surface area (Å²) in [5.41, 5.74) is 7.31. The van der Waals surface area contributed by atoms with Gasteiger partial charge in [-0.25, -0.2) is 0 Å². The third kappa shape index (κ3) is 5.87. The third-order valence-electron chi connectivity index (χ3n) is 7.98. The molecule has 0 radical (unpaired) electrons. The molecule has 0 spiro atoms. The summed E-state index contributed by atoms with van der Waals surface area (Å²) < 4.78 is 42.1. The van der Waals surface area contributed by atoms with Gasteiger partial charge in [-0.15, -0.1) is 0 Å². The van der Waals surface area contributed by atoms with Crippen molar-refractivity contribution in [1.29, 1.82) is 0 Å². The Hall–Kier alpha value is -2.95. The van der Waals surface area contributed by atoms with Gasteiger partial charge in [-0.2, -0.15) is 13.2 Å². The van der Waals surface area contributed by atoms with Crippen molar-refractivity contribution < 1.29 is 22.8 Å². The summed E-state index contributed by atoms with van der Waals surface area (Å²) in [6.07, 6.45) is -2.29. The topological polar surface area (TPSA) is 81.9 Å². The Bertz CT molecular complexity index is 1220. The number of rotatable bonds is 6. The molecule has 3 N–H and O–H groups in total. The first-order valence-corrected chi connectivity index (χ1v) is 13.2. The van der Waals surface area contributed by atoms with E-state index in [0.29, 0.717) is 24.7 Å². The molecule has 38 heavy (non-hydrogen) atoms. The van der Waals surface area contributed by atoms with E-state index < -0.39 is 23.6 Å². The van der Waals surface area contributed by atoms with Crippen LogP contribution in [0.2, 0.25) is 0 Å². The second-order valence-electron chi connectivity index (χ2n) is 10.8. The van der Waals surface area contributed by atoms with Crippen LogP contribution in [0.15, 0.2) is 36.4 Å². The monoisotopic (exact) mass is 529 g/mol. The Labute approximate surface area is 220 Å². The highest BCUT2D eigenvalue weighted by atomic mass is 19.4. The highest BCUT2D eigenvalue weighted by Gasteiger charge is 2.36. The third-order valence-corrected chi connectivity index (χ3v) is 7.98. The van der Waals surface area contributed by atoms with Crippen molar-refractivity contribution in [3.05, 3.63) is 64.2 Å². The molecule has 0 aromatic heterocycles. The SMILES string of the molecule is C[C@H]1CN(CC(N)=O)Cc2cc(C(=O)Nc3ccc(CN4CCN5CCCC5C4)c(C(F)(F)F)c3)ccc21. The largest absolute Gasteiger partial charge is 0.416 e. The van der Waals surface area contributed by atoms with Gasteiger partial charge in [0.1, 0.15) is 0 Å². The molecule has 10 heteroatoms. The summed E-state index contributed by atoms with van der Waals surface area (Å²) in [7, 11) is 0. The summed E-state index contributed by atoms with van der Waals surface area (Å²) in [5.74, 6) is -0.737. The average Bonchev–Trinajstić information content (AvgIpc) is 3.31. The molecule has 0 saturated carbocycles. The number of hydrogen-bond donors (Lipinski definition) is 2. The lowest BCUT2D eigenvalue weighted by atomic mass is 9.89. The van der Waals surface area contributed by atoms with E-state index in [-0.39, 0.29) is 30.3 Å². The van der Waals surface area contributed by atoms with E-state index in [1.54, 1.807) is 18.2 Å². The Morgan fingerprint density at radius 3 is 2.63 bits per heavy atom. The molecule has 204 valence electrons. The molecular formula is C28H34F3N5O2. The quantitative estimate of drug-likeness (QED) is 0.597. The van der Waals surface area contributed by atoms with Crippen molar-refractivity contribution in [2.24, 2.45) is 5.73 Å². The van der Waals surface area contributed by atoms with Gasteiger partial charge in [-0.1, -0.05) is 19.1 Å². The predicted molar refractivity (Wildman–Crippen MR) is 139 cm³/mol. The molecule has 5 rings (SSSR count). The minimum Gasteiger partial charge on any atom is -0.369 e. The van der Waals surface area contributed by atoms with Crippen molar-refractivity contribution in [3.8, 4) is 0 Å². The number of amides is 2. The molecule has 1 unspecified atom stereocenters. The van der Waals surface area contributed by atoms with Crippen molar-refractivity contribution >= 4 is 17.5 Å². The zero-order valence-corrected chi connectivity index (χ0v) is 21.6. The van der Waals surface area contributed by atoms with Crippen LogP contribution >= 0.6 is 0 Å². The molecule has 3 aliphatic heterocycles. The zero-order valence-electron chi connectivity index (χ0n) is 21.6. The van der Waals surface area contributed by atoms with E-state index in [4.69, 9.17) is 5.73 Å². The molecule has 2 fully saturated rings. The fourth-order valence-corrected chi connectivity index (χ4v) is 6.20. The highest BCUT2D eigenvalue weighted by molar-refractivity contribution is 6.04. The van der Waals surface area contributed by atoms with Crippen LogP contribution in [0.25, 0.3) is 0 Å². The number of halogens is 3. The maximum Gasteiger partial charge on any atom is 0.416 e. The first-order valence-electron chi connectivity index (χ1n) is 13.2. The zero-order chi connectivity index (χ0) is 27.0. The maximum atomic E-state index is 14.0. The van der Waals surface area contributed by atoms with Gasteiger partial charge in [0.15, 0.2) is 0 Å². The number of carbonyl (C=O) groups is 2. The minimum atomic E-state index is -4.53. The van der Waals surface area contributed by atoms with E-state index in [2.05, 4.69) is 15.1 Å². The molecule has 0 bridgehead atoms. The van der Waals surface area contributed by atoms with E-state index in [1.807, 2.05) is 17.9 Å². The summed E-state index contributed by atoms with van der Waals surface area (Å²) in [6.45, 7) is 7.07. The van der Waals surface area contributed by atoms with Crippen LogP contribution < -0.4 is 11.1 Å². The molecule has 2 aromatic carbocycles. The fraction of sp³-hybridized carbons (Fsp3) is 0.500. The van der Waals surface area contributed by atoms with Gasteiger partial charge in [0.05, 0.1) is 12.1 Å². The minimum absolute atomic E-state index is 0.105. The molecular weight excluding hydrogens is 495 g/mol. The van der Waals surface area contributed by atoms with Gasteiger partial charge in [0.2, 0.25) is 5.91 Å². The molecule has 2 atom stereocenters. The maximum absolute atomic E-state index is 14.0.